The van der Waals surface area contributed by atoms with E-state index < -0.39 is 4.92 Å². The summed E-state index contributed by atoms with van der Waals surface area (Å²) in [6.45, 7) is 3.83. The third kappa shape index (κ3) is 3.45. The number of aryl methyl sites for hydroxylation is 2. The number of benzene rings is 2. The lowest BCUT2D eigenvalue weighted by molar-refractivity contribution is -0.384. The van der Waals surface area contributed by atoms with Crippen molar-refractivity contribution in [3.63, 3.8) is 0 Å². The van der Waals surface area contributed by atoms with Crippen LogP contribution in [0.5, 0.6) is 0 Å². The maximum Gasteiger partial charge on any atom is 0.271 e. The Morgan fingerprint density at radius 2 is 1.86 bits per heavy atom. The second-order valence-corrected chi connectivity index (χ2v) is 4.76. The highest BCUT2D eigenvalue weighted by atomic mass is 16.6. The molecule has 0 atom stereocenters. The van der Waals surface area contributed by atoms with Crippen LogP contribution in [0.1, 0.15) is 28.4 Å². The molecule has 0 aromatic heterocycles. The largest absolute Gasteiger partial charge is 0.321 e. The lowest BCUT2D eigenvalue weighted by Gasteiger charge is -2.08. The van der Waals surface area contributed by atoms with Crippen LogP contribution < -0.4 is 5.32 Å². The van der Waals surface area contributed by atoms with Crippen molar-refractivity contribution in [3.8, 4) is 0 Å². The summed E-state index contributed by atoms with van der Waals surface area (Å²) in [5, 5.41) is 13.5. The highest BCUT2D eigenvalue weighted by molar-refractivity contribution is 6.04. The fourth-order valence-electron chi connectivity index (χ4n) is 1.94. The number of nitrogens with zero attached hydrogens (tertiary/aromatic N) is 1. The van der Waals surface area contributed by atoms with Crippen LogP contribution in [-0.2, 0) is 6.42 Å². The zero-order chi connectivity index (χ0) is 15.4. The Morgan fingerprint density at radius 1 is 1.19 bits per heavy atom. The number of amides is 1. The Hall–Kier alpha value is -2.69. The third-order valence-electron chi connectivity index (χ3n) is 3.30. The first kappa shape index (κ1) is 14.7. The molecule has 0 aliphatic carbocycles. The minimum Gasteiger partial charge on any atom is -0.321 e. The van der Waals surface area contributed by atoms with E-state index in [9.17, 15) is 14.9 Å². The Labute approximate surface area is 122 Å². The van der Waals surface area contributed by atoms with Crippen LogP contribution in [-0.4, -0.2) is 10.8 Å². The van der Waals surface area contributed by atoms with Gasteiger partial charge in [-0.2, -0.15) is 0 Å². The molecule has 0 aliphatic rings. The fourth-order valence-corrected chi connectivity index (χ4v) is 1.94. The average molecular weight is 284 g/mol. The van der Waals surface area contributed by atoms with Gasteiger partial charge in [-0.1, -0.05) is 25.1 Å². The molecule has 108 valence electrons. The summed E-state index contributed by atoms with van der Waals surface area (Å²) in [6, 6.07) is 11.7. The minimum atomic E-state index is -0.481. The molecule has 2 aromatic carbocycles. The molecular formula is C16H16N2O3. The summed E-state index contributed by atoms with van der Waals surface area (Å²) in [5.41, 5.74) is 2.86. The molecule has 2 rings (SSSR count). The van der Waals surface area contributed by atoms with Crippen molar-refractivity contribution in [2.24, 2.45) is 0 Å². The maximum absolute atomic E-state index is 12.2. The number of nitro benzene ring substituents is 1. The molecule has 21 heavy (non-hydrogen) atoms. The number of nitro groups is 1. The van der Waals surface area contributed by atoms with Crippen molar-refractivity contribution in [1.82, 2.24) is 0 Å². The van der Waals surface area contributed by atoms with Gasteiger partial charge in [0, 0.05) is 17.7 Å². The molecule has 0 heterocycles. The lowest BCUT2D eigenvalue weighted by Crippen LogP contribution is -2.13. The zero-order valence-electron chi connectivity index (χ0n) is 11.9. The topological polar surface area (TPSA) is 72.2 Å². The lowest BCUT2D eigenvalue weighted by atomic mass is 10.1. The summed E-state index contributed by atoms with van der Waals surface area (Å²) >= 11 is 0. The summed E-state index contributed by atoms with van der Waals surface area (Å²) < 4.78 is 0. The van der Waals surface area contributed by atoms with Crippen LogP contribution in [0.4, 0.5) is 11.4 Å². The summed E-state index contributed by atoms with van der Waals surface area (Å²) in [4.78, 5) is 22.5. The van der Waals surface area contributed by atoms with Gasteiger partial charge in [-0.25, -0.2) is 0 Å². The maximum atomic E-state index is 12.2. The second-order valence-electron chi connectivity index (χ2n) is 4.76. The van der Waals surface area contributed by atoms with Gasteiger partial charge in [0.15, 0.2) is 0 Å². The van der Waals surface area contributed by atoms with Gasteiger partial charge in [0.05, 0.1) is 10.6 Å². The first-order valence-corrected chi connectivity index (χ1v) is 6.66. The van der Waals surface area contributed by atoms with Gasteiger partial charge in [0.25, 0.3) is 11.6 Å². The minimum absolute atomic E-state index is 0.0442. The van der Waals surface area contributed by atoms with E-state index in [1.165, 1.54) is 12.1 Å². The normalized spacial score (nSPS) is 10.2. The fraction of sp³-hybridized carbons (Fsp3) is 0.188. The average Bonchev–Trinajstić information content (AvgIpc) is 2.49. The van der Waals surface area contributed by atoms with Gasteiger partial charge < -0.3 is 5.32 Å². The van der Waals surface area contributed by atoms with Crippen LogP contribution in [0, 0.1) is 17.0 Å². The van der Waals surface area contributed by atoms with E-state index in [1.54, 1.807) is 25.1 Å². The molecule has 0 spiro atoms. The van der Waals surface area contributed by atoms with E-state index in [0.717, 1.165) is 17.5 Å². The first-order chi connectivity index (χ1) is 10.0. The summed E-state index contributed by atoms with van der Waals surface area (Å²) in [7, 11) is 0. The standard InChI is InChI=1S/C16H16N2O3/c1-3-12-5-7-13(8-6-12)16(19)17-15-10-14(18(20)21)9-4-11(15)2/h4-10H,3H2,1-2H3,(H,17,19). The molecule has 2 aromatic rings. The van der Waals surface area contributed by atoms with E-state index >= 15 is 0 Å². The van der Waals surface area contributed by atoms with Gasteiger partial charge in [0.1, 0.15) is 0 Å². The molecule has 5 heteroatoms. The number of non-ortho nitro benzene ring substituents is 1. The van der Waals surface area contributed by atoms with Crippen LogP contribution in [0.15, 0.2) is 42.5 Å². The van der Waals surface area contributed by atoms with E-state index in [2.05, 4.69) is 5.32 Å². The van der Waals surface area contributed by atoms with Crippen molar-refractivity contribution < 1.29 is 9.72 Å². The van der Waals surface area contributed by atoms with Crippen LogP contribution in [0.2, 0.25) is 0 Å². The summed E-state index contributed by atoms with van der Waals surface area (Å²) in [6.07, 6.45) is 0.909. The van der Waals surface area contributed by atoms with Crippen molar-refractivity contribution in [2.75, 3.05) is 5.32 Å². The molecule has 5 nitrogen and oxygen atoms in total. The van der Waals surface area contributed by atoms with Crippen molar-refractivity contribution in [1.29, 1.82) is 0 Å². The second kappa shape index (κ2) is 6.17. The molecular weight excluding hydrogens is 268 g/mol. The van der Waals surface area contributed by atoms with Gasteiger partial charge in [0.2, 0.25) is 0 Å². The number of hydrogen-bond acceptors (Lipinski definition) is 3. The highest BCUT2D eigenvalue weighted by Gasteiger charge is 2.12. The monoisotopic (exact) mass is 284 g/mol. The molecule has 1 N–H and O–H groups in total. The van der Waals surface area contributed by atoms with Crippen molar-refractivity contribution in [2.45, 2.75) is 20.3 Å². The van der Waals surface area contributed by atoms with E-state index in [4.69, 9.17) is 0 Å². The van der Waals surface area contributed by atoms with Crippen LogP contribution in [0.3, 0.4) is 0 Å². The molecule has 0 unspecified atom stereocenters. The van der Waals surface area contributed by atoms with E-state index in [-0.39, 0.29) is 11.6 Å². The Balaban J connectivity index is 2.22. The molecule has 0 bridgehead atoms. The van der Waals surface area contributed by atoms with Crippen molar-refractivity contribution >= 4 is 17.3 Å². The summed E-state index contributed by atoms with van der Waals surface area (Å²) in [5.74, 6) is -0.277. The number of carbonyl (C=O) groups is 1. The highest BCUT2D eigenvalue weighted by Crippen LogP contribution is 2.22. The SMILES string of the molecule is CCc1ccc(C(=O)Nc2cc([N+](=O)[O-])ccc2C)cc1. The number of anilines is 1. The van der Waals surface area contributed by atoms with E-state index in [1.807, 2.05) is 19.1 Å². The van der Waals surface area contributed by atoms with Gasteiger partial charge in [-0.05, 0) is 36.6 Å². The molecule has 0 aliphatic heterocycles. The first-order valence-electron chi connectivity index (χ1n) is 6.66. The number of nitrogens with one attached hydrogen (secondary N) is 1. The van der Waals surface area contributed by atoms with Crippen molar-refractivity contribution in [3.05, 3.63) is 69.3 Å². The Morgan fingerprint density at radius 3 is 2.43 bits per heavy atom. The van der Waals surface area contributed by atoms with Crippen LogP contribution >= 0.6 is 0 Å². The van der Waals surface area contributed by atoms with Gasteiger partial charge >= 0.3 is 0 Å². The smallest absolute Gasteiger partial charge is 0.271 e. The molecule has 0 saturated heterocycles. The predicted octanol–water partition coefficient (Wildman–Crippen LogP) is 3.72. The number of rotatable bonds is 4. The van der Waals surface area contributed by atoms with Crippen LogP contribution in [0.25, 0.3) is 0 Å². The number of hydrogen-bond donors (Lipinski definition) is 1. The predicted molar refractivity (Wildman–Crippen MR) is 81.6 cm³/mol. The number of carbonyl (C=O) groups excluding carboxylic acids is 1. The van der Waals surface area contributed by atoms with E-state index in [0.29, 0.717) is 11.3 Å². The molecule has 1 amide bonds. The third-order valence-corrected chi connectivity index (χ3v) is 3.30. The zero-order valence-corrected chi connectivity index (χ0v) is 11.9. The Kier molecular flexibility index (Phi) is 4.33. The van der Waals surface area contributed by atoms with Gasteiger partial charge in [-0.15, -0.1) is 0 Å². The molecule has 0 radical (unpaired) electrons. The Bertz CT molecular complexity index is 678. The van der Waals surface area contributed by atoms with Gasteiger partial charge in [-0.3, -0.25) is 14.9 Å². The molecule has 0 fully saturated rings. The quantitative estimate of drug-likeness (QED) is 0.687. The molecule has 0 saturated carbocycles.